The van der Waals surface area contributed by atoms with E-state index in [-0.39, 0.29) is 29.3 Å². The lowest BCUT2D eigenvalue weighted by atomic mass is 9.76. The number of nitrogens with one attached hydrogen (secondary N) is 1. The van der Waals surface area contributed by atoms with Gasteiger partial charge in [0, 0.05) is 18.1 Å². The smallest absolute Gasteiger partial charge is 0.311 e. The number of fused-ring (bicyclic) bond motifs is 3. The Labute approximate surface area is 163 Å². The van der Waals surface area contributed by atoms with Crippen molar-refractivity contribution in [1.82, 2.24) is 0 Å². The number of hydrogen-bond donors (Lipinski definition) is 1. The largest absolute Gasteiger partial charge is 0.497 e. The van der Waals surface area contributed by atoms with Crippen LogP contribution >= 0.6 is 0 Å². The zero-order valence-electron chi connectivity index (χ0n) is 16.0. The summed E-state index contributed by atoms with van der Waals surface area (Å²) in [6.07, 6.45) is 5.26. The summed E-state index contributed by atoms with van der Waals surface area (Å²) in [5.74, 6) is 2.13. The number of hydrogen-bond acceptors (Lipinski definition) is 6. The van der Waals surface area contributed by atoms with Gasteiger partial charge in [-0.25, -0.2) is 0 Å². The Morgan fingerprint density at radius 2 is 1.86 bits per heavy atom. The molecule has 0 bridgehead atoms. The van der Waals surface area contributed by atoms with Crippen LogP contribution in [0.4, 0.5) is 11.4 Å². The van der Waals surface area contributed by atoms with Crippen LogP contribution in [0.2, 0.25) is 0 Å². The molecule has 7 nitrogen and oxygen atoms in total. The molecule has 0 unspecified atom stereocenters. The van der Waals surface area contributed by atoms with Crippen molar-refractivity contribution in [2.45, 2.75) is 18.4 Å². The van der Waals surface area contributed by atoms with E-state index in [1.54, 1.807) is 26.4 Å². The van der Waals surface area contributed by atoms with Crippen LogP contribution in [-0.2, 0) is 0 Å². The predicted molar refractivity (Wildman–Crippen MR) is 106 cm³/mol. The Morgan fingerprint density at radius 3 is 2.54 bits per heavy atom. The van der Waals surface area contributed by atoms with Crippen LogP contribution in [0, 0.1) is 16.0 Å². The fourth-order valence-electron chi connectivity index (χ4n) is 4.29. The van der Waals surface area contributed by atoms with Gasteiger partial charge in [0.2, 0.25) is 0 Å². The molecule has 7 heteroatoms. The molecule has 0 saturated heterocycles. The molecule has 28 heavy (non-hydrogen) atoms. The minimum absolute atomic E-state index is 0.0307. The summed E-state index contributed by atoms with van der Waals surface area (Å²) >= 11 is 0. The molecule has 2 aromatic rings. The molecule has 2 aliphatic rings. The molecule has 0 spiro atoms. The molecule has 0 aromatic heterocycles. The number of allylic oxidation sites excluding steroid dienone is 2. The van der Waals surface area contributed by atoms with Gasteiger partial charge in [0.1, 0.15) is 11.5 Å². The van der Waals surface area contributed by atoms with Gasteiger partial charge in [0.25, 0.3) is 0 Å². The van der Waals surface area contributed by atoms with E-state index in [0.717, 1.165) is 29.0 Å². The molecule has 1 N–H and O–H groups in total. The number of nitrogens with zero attached hydrogens (tertiary/aromatic N) is 1. The third-order valence-electron chi connectivity index (χ3n) is 5.62. The maximum absolute atomic E-state index is 11.5. The molecule has 4 rings (SSSR count). The Balaban J connectivity index is 1.82. The predicted octanol–water partition coefficient (Wildman–Crippen LogP) is 4.45. The van der Waals surface area contributed by atoms with Crippen molar-refractivity contribution in [3.63, 3.8) is 0 Å². The molecule has 1 heterocycles. The van der Waals surface area contributed by atoms with Gasteiger partial charge >= 0.3 is 5.69 Å². The Kier molecular flexibility index (Phi) is 4.58. The highest BCUT2D eigenvalue weighted by Crippen LogP contribution is 2.53. The van der Waals surface area contributed by atoms with Gasteiger partial charge in [-0.05, 0) is 35.6 Å². The van der Waals surface area contributed by atoms with Crippen molar-refractivity contribution >= 4 is 11.4 Å². The fourth-order valence-corrected chi connectivity index (χ4v) is 4.29. The minimum atomic E-state index is -0.408. The second-order valence-corrected chi connectivity index (χ2v) is 6.96. The third-order valence-corrected chi connectivity index (χ3v) is 5.62. The monoisotopic (exact) mass is 382 g/mol. The van der Waals surface area contributed by atoms with Crippen molar-refractivity contribution < 1.29 is 19.1 Å². The molecule has 3 atom stereocenters. The maximum atomic E-state index is 11.5. The van der Waals surface area contributed by atoms with Crippen LogP contribution < -0.4 is 19.5 Å². The Hall–Kier alpha value is -3.22. The highest BCUT2D eigenvalue weighted by Gasteiger charge is 2.40. The van der Waals surface area contributed by atoms with Gasteiger partial charge in [0.15, 0.2) is 5.75 Å². The van der Waals surface area contributed by atoms with Crippen LogP contribution in [0.25, 0.3) is 0 Å². The zero-order valence-corrected chi connectivity index (χ0v) is 16.0. The van der Waals surface area contributed by atoms with Gasteiger partial charge < -0.3 is 19.5 Å². The summed E-state index contributed by atoms with van der Waals surface area (Å²) in [7, 11) is 4.70. The first-order chi connectivity index (χ1) is 13.6. The number of methoxy groups -OCH3 is 3. The molecule has 0 radical (unpaired) electrons. The summed E-state index contributed by atoms with van der Waals surface area (Å²) in [6.45, 7) is 0. The first-order valence-corrected chi connectivity index (χ1v) is 9.08. The van der Waals surface area contributed by atoms with Gasteiger partial charge in [-0.15, -0.1) is 0 Å². The van der Waals surface area contributed by atoms with E-state index in [0.29, 0.717) is 5.75 Å². The van der Waals surface area contributed by atoms with Crippen LogP contribution in [0.15, 0.2) is 42.5 Å². The third kappa shape index (κ3) is 2.83. The van der Waals surface area contributed by atoms with Gasteiger partial charge in [0.05, 0.1) is 38.0 Å². The Morgan fingerprint density at radius 1 is 1.07 bits per heavy atom. The van der Waals surface area contributed by atoms with Crippen LogP contribution in [0.3, 0.4) is 0 Å². The number of benzene rings is 2. The van der Waals surface area contributed by atoms with E-state index in [2.05, 4.69) is 17.5 Å². The molecule has 1 aliphatic heterocycles. The lowest BCUT2D eigenvalue weighted by molar-refractivity contribution is -0.385. The van der Waals surface area contributed by atoms with Crippen molar-refractivity contribution in [3.05, 3.63) is 63.7 Å². The molecular formula is C21H22N2O5. The summed E-state index contributed by atoms with van der Waals surface area (Å²) < 4.78 is 16.2. The van der Waals surface area contributed by atoms with Gasteiger partial charge in [-0.1, -0.05) is 18.2 Å². The summed E-state index contributed by atoms with van der Waals surface area (Å²) in [5, 5.41) is 15.0. The lowest BCUT2D eigenvalue weighted by Gasteiger charge is -2.38. The normalized spacial score (nSPS) is 22.0. The number of nitro groups is 1. The highest BCUT2D eigenvalue weighted by atomic mass is 16.6. The van der Waals surface area contributed by atoms with Crippen molar-refractivity contribution in [2.24, 2.45) is 5.92 Å². The van der Waals surface area contributed by atoms with Crippen LogP contribution in [0.1, 0.15) is 29.5 Å². The van der Waals surface area contributed by atoms with Crippen LogP contribution in [0.5, 0.6) is 17.2 Å². The second kappa shape index (κ2) is 7.07. The van der Waals surface area contributed by atoms with E-state index >= 15 is 0 Å². The van der Waals surface area contributed by atoms with Gasteiger partial charge in [-0.3, -0.25) is 10.1 Å². The van der Waals surface area contributed by atoms with E-state index in [1.165, 1.54) is 7.11 Å². The molecule has 0 amide bonds. The second-order valence-electron chi connectivity index (χ2n) is 6.96. The average molecular weight is 382 g/mol. The van der Waals surface area contributed by atoms with E-state index in [1.807, 2.05) is 18.2 Å². The summed E-state index contributed by atoms with van der Waals surface area (Å²) in [5.41, 5.74) is 2.85. The number of anilines is 1. The lowest BCUT2D eigenvalue weighted by Crippen LogP contribution is -2.29. The van der Waals surface area contributed by atoms with E-state index in [9.17, 15) is 10.1 Å². The van der Waals surface area contributed by atoms with Crippen molar-refractivity contribution in [1.29, 1.82) is 0 Å². The van der Waals surface area contributed by atoms with Crippen LogP contribution in [-0.4, -0.2) is 26.3 Å². The molecular weight excluding hydrogens is 360 g/mol. The molecule has 0 saturated carbocycles. The first kappa shape index (κ1) is 18.2. The molecule has 2 aromatic carbocycles. The van der Waals surface area contributed by atoms with Crippen molar-refractivity contribution in [2.75, 3.05) is 26.6 Å². The quantitative estimate of drug-likeness (QED) is 0.467. The SMILES string of the molecule is COc1cc(OC)c2c(c1)[C@H]1C=CC[C@H]1[C@@H](c1ccc(OC)c([N+](=O)[O-])c1)N2. The highest BCUT2D eigenvalue weighted by molar-refractivity contribution is 5.70. The number of nitro benzene ring substituents is 1. The van der Waals surface area contributed by atoms with Gasteiger partial charge in [-0.2, -0.15) is 0 Å². The van der Waals surface area contributed by atoms with E-state index < -0.39 is 4.92 Å². The number of rotatable bonds is 5. The van der Waals surface area contributed by atoms with Crippen molar-refractivity contribution in [3.8, 4) is 17.2 Å². The summed E-state index contributed by atoms with van der Waals surface area (Å²) in [6, 6.07) is 8.95. The Bertz CT molecular complexity index is 956. The number of ether oxygens (including phenoxy) is 3. The standard InChI is InChI=1S/C21H22N2O5/c1-26-13-10-16-14-5-4-6-15(14)20(22-21(16)19(11-13)28-3)12-7-8-18(27-2)17(9-12)23(24)25/h4-5,7-11,14-15,20,22H,6H2,1-3H3/t14-,15+,20+/m0/s1. The molecule has 1 aliphatic carbocycles. The first-order valence-electron chi connectivity index (χ1n) is 9.08. The maximum Gasteiger partial charge on any atom is 0.311 e. The topological polar surface area (TPSA) is 82.9 Å². The average Bonchev–Trinajstić information content (AvgIpc) is 3.22. The van der Waals surface area contributed by atoms with E-state index in [4.69, 9.17) is 14.2 Å². The minimum Gasteiger partial charge on any atom is -0.497 e. The zero-order chi connectivity index (χ0) is 19.8. The fraction of sp³-hybridized carbons (Fsp3) is 0.333. The summed E-state index contributed by atoms with van der Waals surface area (Å²) in [4.78, 5) is 11.1. The molecule has 146 valence electrons. The molecule has 0 fully saturated rings.